The first kappa shape index (κ1) is 24.0. The van der Waals surface area contributed by atoms with Crippen molar-refractivity contribution in [2.75, 3.05) is 54.6 Å². The number of nitrogens with two attached hydrogens (primary N) is 3. The molecule has 1 amide bonds. The number of primary amides is 1. The van der Waals surface area contributed by atoms with Crippen molar-refractivity contribution < 1.29 is 24.5 Å². The van der Waals surface area contributed by atoms with Gasteiger partial charge in [-0.1, -0.05) is 0 Å². The standard InChI is InChI=1S/C11H15N3O3.C10H14N4O2/c1-17-10(15)11(16)4-6-14(7-11)9-8(12)3-2-5-13-9;11-7-2-1-4-13-8(7)14-5-3-10(16,6-14)9(12)15/h2-3,5,16H,4,6-7,12H2,1H3;1-2,4,16H,3,5-6,11H2,(H2,12,15). The summed E-state index contributed by atoms with van der Waals surface area (Å²) in [6, 6.07) is 6.93. The molecular weight excluding hydrogens is 430 g/mol. The number of esters is 1. The number of carbonyl (C=O) groups excluding carboxylic acids is 2. The van der Waals surface area contributed by atoms with Crippen LogP contribution in [0, 0.1) is 0 Å². The predicted molar refractivity (Wildman–Crippen MR) is 122 cm³/mol. The number of rotatable bonds is 4. The summed E-state index contributed by atoms with van der Waals surface area (Å²) in [5.41, 5.74) is 14.8. The molecule has 0 radical (unpaired) electrons. The van der Waals surface area contributed by atoms with Gasteiger partial charge in [-0.05, 0) is 24.3 Å². The highest BCUT2D eigenvalue weighted by atomic mass is 16.5. The van der Waals surface area contributed by atoms with E-state index in [1.165, 1.54) is 7.11 Å². The van der Waals surface area contributed by atoms with Crippen LogP contribution in [0.25, 0.3) is 0 Å². The first-order valence-electron chi connectivity index (χ1n) is 10.3. The topological polar surface area (TPSA) is 194 Å². The molecule has 2 unspecified atom stereocenters. The van der Waals surface area contributed by atoms with E-state index in [0.717, 1.165) is 0 Å². The number of ether oxygens (including phenoxy) is 1. The average Bonchev–Trinajstić information content (AvgIpc) is 3.39. The van der Waals surface area contributed by atoms with E-state index in [0.29, 0.717) is 48.9 Å². The van der Waals surface area contributed by atoms with Crippen molar-refractivity contribution in [2.45, 2.75) is 24.0 Å². The lowest BCUT2D eigenvalue weighted by Crippen LogP contribution is -2.46. The van der Waals surface area contributed by atoms with E-state index >= 15 is 0 Å². The molecule has 12 nitrogen and oxygen atoms in total. The predicted octanol–water partition coefficient (Wildman–Crippen LogP) is -1.13. The minimum atomic E-state index is -1.47. The number of aromatic nitrogens is 2. The van der Waals surface area contributed by atoms with Gasteiger partial charge >= 0.3 is 5.97 Å². The van der Waals surface area contributed by atoms with Crippen molar-refractivity contribution in [3.05, 3.63) is 36.7 Å². The maximum atomic E-state index is 11.4. The minimum Gasteiger partial charge on any atom is -0.467 e. The highest BCUT2D eigenvalue weighted by molar-refractivity contribution is 5.85. The second-order valence-electron chi connectivity index (χ2n) is 8.09. The Kier molecular flexibility index (Phi) is 6.89. The summed E-state index contributed by atoms with van der Waals surface area (Å²) < 4.78 is 4.58. The molecule has 2 aliphatic heterocycles. The highest BCUT2D eigenvalue weighted by Crippen LogP contribution is 2.30. The van der Waals surface area contributed by atoms with Crippen LogP contribution in [0.15, 0.2) is 36.7 Å². The smallest absolute Gasteiger partial charge is 0.339 e. The van der Waals surface area contributed by atoms with Crippen LogP contribution >= 0.6 is 0 Å². The summed E-state index contributed by atoms with van der Waals surface area (Å²) in [5.74, 6) is -0.147. The Balaban J connectivity index is 0.000000186. The van der Waals surface area contributed by atoms with Crippen molar-refractivity contribution in [3.8, 4) is 0 Å². The minimum absolute atomic E-state index is 0.142. The molecule has 2 aromatic heterocycles. The van der Waals surface area contributed by atoms with Crippen molar-refractivity contribution in [2.24, 2.45) is 5.73 Å². The van der Waals surface area contributed by atoms with Crippen molar-refractivity contribution in [1.82, 2.24) is 9.97 Å². The third-order valence-electron chi connectivity index (χ3n) is 5.75. The number of aliphatic hydroxyl groups is 2. The number of nitrogen functional groups attached to an aromatic ring is 2. The Hall–Kier alpha value is -3.64. The third kappa shape index (κ3) is 5.07. The molecule has 12 heteroatoms. The van der Waals surface area contributed by atoms with Gasteiger partial charge in [0.1, 0.15) is 0 Å². The van der Waals surface area contributed by atoms with Crippen LogP contribution in [-0.4, -0.2) is 76.5 Å². The van der Waals surface area contributed by atoms with Crippen LogP contribution in [0.4, 0.5) is 23.0 Å². The van der Waals surface area contributed by atoms with Gasteiger partial charge in [-0.15, -0.1) is 0 Å². The fourth-order valence-electron chi connectivity index (χ4n) is 3.85. The maximum absolute atomic E-state index is 11.4. The molecular formula is C21H29N7O5. The number of anilines is 4. The van der Waals surface area contributed by atoms with Gasteiger partial charge in [0.15, 0.2) is 22.8 Å². The molecule has 4 heterocycles. The number of carbonyl (C=O) groups is 2. The molecule has 2 aliphatic rings. The maximum Gasteiger partial charge on any atom is 0.339 e. The van der Waals surface area contributed by atoms with Crippen LogP contribution in [0.1, 0.15) is 12.8 Å². The molecule has 0 spiro atoms. The number of β-amino-alcohol motifs (C(OH)–C–C–N with tert-alkyl or cyclic N) is 2. The molecule has 0 bridgehead atoms. The van der Waals surface area contributed by atoms with Crippen LogP contribution in [0.5, 0.6) is 0 Å². The molecule has 2 saturated heterocycles. The van der Waals surface area contributed by atoms with Gasteiger partial charge in [0, 0.05) is 38.3 Å². The quantitative estimate of drug-likeness (QED) is 0.347. The summed E-state index contributed by atoms with van der Waals surface area (Å²) in [4.78, 5) is 34.3. The summed E-state index contributed by atoms with van der Waals surface area (Å²) in [5, 5.41) is 20.0. The van der Waals surface area contributed by atoms with Gasteiger partial charge in [-0.2, -0.15) is 0 Å². The van der Waals surface area contributed by atoms with E-state index in [1.54, 1.807) is 46.5 Å². The zero-order valence-electron chi connectivity index (χ0n) is 18.3. The van der Waals surface area contributed by atoms with Crippen LogP contribution in [0.2, 0.25) is 0 Å². The van der Waals surface area contributed by atoms with Crippen LogP contribution in [0.3, 0.4) is 0 Å². The van der Waals surface area contributed by atoms with Gasteiger partial charge in [-0.25, -0.2) is 14.8 Å². The number of methoxy groups -OCH3 is 1. The lowest BCUT2D eigenvalue weighted by Gasteiger charge is -2.22. The Morgan fingerprint density at radius 1 is 0.939 bits per heavy atom. The first-order valence-corrected chi connectivity index (χ1v) is 10.3. The lowest BCUT2D eigenvalue weighted by atomic mass is 10.0. The first-order chi connectivity index (χ1) is 15.6. The van der Waals surface area contributed by atoms with Crippen molar-refractivity contribution in [3.63, 3.8) is 0 Å². The number of amides is 1. The van der Waals surface area contributed by atoms with E-state index in [-0.39, 0.29) is 13.1 Å². The third-order valence-corrected chi connectivity index (χ3v) is 5.75. The summed E-state index contributed by atoms with van der Waals surface area (Å²) in [7, 11) is 1.26. The molecule has 8 N–H and O–H groups in total. The fraction of sp³-hybridized carbons (Fsp3) is 0.429. The summed E-state index contributed by atoms with van der Waals surface area (Å²) in [6.07, 6.45) is 3.86. The number of nitrogens with zero attached hydrogens (tertiary/aromatic N) is 4. The molecule has 33 heavy (non-hydrogen) atoms. The van der Waals surface area contributed by atoms with Gasteiger partial charge in [-0.3, -0.25) is 4.79 Å². The van der Waals surface area contributed by atoms with Crippen molar-refractivity contribution >= 4 is 34.9 Å². The van der Waals surface area contributed by atoms with E-state index in [9.17, 15) is 19.8 Å². The average molecular weight is 460 g/mol. The monoisotopic (exact) mass is 459 g/mol. The number of hydrogen-bond acceptors (Lipinski definition) is 11. The largest absolute Gasteiger partial charge is 0.467 e. The molecule has 2 aromatic rings. The van der Waals surface area contributed by atoms with Crippen LogP contribution in [-0.2, 0) is 14.3 Å². The zero-order valence-corrected chi connectivity index (χ0v) is 18.3. The van der Waals surface area contributed by atoms with Crippen molar-refractivity contribution in [1.29, 1.82) is 0 Å². The van der Waals surface area contributed by atoms with E-state index < -0.39 is 23.1 Å². The number of pyridine rings is 2. The summed E-state index contributed by atoms with van der Waals surface area (Å²) >= 11 is 0. The van der Waals surface area contributed by atoms with Gasteiger partial charge < -0.3 is 42.0 Å². The second kappa shape index (κ2) is 9.46. The molecule has 0 aliphatic carbocycles. The molecule has 0 saturated carbocycles. The Morgan fingerprint density at radius 3 is 1.79 bits per heavy atom. The van der Waals surface area contributed by atoms with Gasteiger partial charge in [0.2, 0.25) is 0 Å². The molecule has 2 fully saturated rings. The van der Waals surface area contributed by atoms with Gasteiger partial charge in [0.05, 0.1) is 31.6 Å². The zero-order chi connectivity index (χ0) is 24.2. The number of hydrogen-bond donors (Lipinski definition) is 5. The Labute approximate surface area is 191 Å². The normalized spacial score (nSPS) is 24.2. The van der Waals surface area contributed by atoms with E-state index in [1.807, 2.05) is 0 Å². The molecule has 4 rings (SSSR count). The highest BCUT2D eigenvalue weighted by Gasteiger charge is 2.45. The lowest BCUT2D eigenvalue weighted by molar-refractivity contribution is -0.159. The molecule has 178 valence electrons. The van der Waals surface area contributed by atoms with E-state index in [2.05, 4.69) is 14.7 Å². The van der Waals surface area contributed by atoms with Crippen LogP contribution < -0.4 is 27.0 Å². The van der Waals surface area contributed by atoms with E-state index in [4.69, 9.17) is 17.2 Å². The summed E-state index contributed by atoms with van der Waals surface area (Å²) in [6.45, 7) is 1.33. The Bertz CT molecular complexity index is 1020. The Morgan fingerprint density at radius 2 is 1.39 bits per heavy atom. The fourth-order valence-corrected chi connectivity index (χ4v) is 3.85. The van der Waals surface area contributed by atoms with Gasteiger partial charge in [0.25, 0.3) is 5.91 Å². The SMILES string of the molecule is COC(=O)C1(O)CCN(c2ncccc2N)C1.NC(=O)C1(O)CCN(c2ncccc2N)C1. The molecule has 0 aromatic carbocycles. The second-order valence-corrected chi connectivity index (χ2v) is 8.09. The molecule has 2 atom stereocenters.